The fraction of sp³-hybridized carbons (Fsp3) is 0.333. The molecule has 0 radical (unpaired) electrons. The van der Waals surface area contributed by atoms with E-state index in [0.717, 1.165) is 12.5 Å². The summed E-state index contributed by atoms with van der Waals surface area (Å²) in [5.41, 5.74) is -0.830. The number of hydrogen-bond acceptors (Lipinski definition) is 0. The number of rotatable bonds is 3. The molecule has 0 saturated heterocycles. The zero-order valence-corrected chi connectivity index (χ0v) is 6.86. The van der Waals surface area contributed by atoms with Crippen LogP contribution in [0.4, 0.5) is 13.2 Å². The van der Waals surface area contributed by atoms with E-state index in [1.807, 2.05) is 6.92 Å². The van der Waals surface area contributed by atoms with Crippen LogP contribution in [-0.4, -0.2) is 6.18 Å². The van der Waals surface area contributed by atoms with Gasteiger partial charge in [0.15, 0.2) is 0 Å². The van der Waals surface area contributed by atoms with Crippen molar-refractivity contribution in [3.63, 3.8) is 0 Å². The smallest absolute Gasteiger partial charge is 0.166 e. The number of halogens is 3. The minimum atomic E-state index is -4.31. The van der Waals surface area contributed by atoms with Gasteiger partial charge in [0.2, 0.25) is 0 Å². The summed E-state index contributed by atoms with van der Waals surface area (Å²) in [6.07, 6.45) is 2.11. The fourth-order valence-electron chi connectivity index (χ4n) is 0.481. The van der Waals surface area contributed by atoms with Crippen LogP contribution in [0.15, 0.2) is 36.5 Å². The second kappa shape index (κ2) is 4.80. The highest BCUT2D eigenvalue weighted by Crippen LogP contribution is 2.24. The summed E-state index contributed by atoms with van der Waals surface area (Å²) < 4.78 is 35.4. The molecular weight excluding hydrogens is 165 g/mol. The molecule has 0 heterocycles. The predicted octanol–water partition coefficient (Wildman–Crippen LogP) is 3.63. The molecule has 0 aromatic heterocycles. The van der Waals surface area contributed by atoms with Gasteiger partial charge in [0.1, 0.15) is 0 Å². The number of alkyl halides is 3. The molecular formula is C9H11F3. The lowest BCUT2D eigenvalue weighted by molar-refractivity contribution is -0.0878. The molecule has 0 nitrogen and oxygen atoms in total. The Hall–Kier alpha value is -0.990. The van der Waals surface area contributed by atoms with Gasteiger partial charge in [0.05, 0.1) is 0 Å². The van der Waals surface area contributed by atoms with Crippen LogP contribution in [0.5, 0.6) is 0 Å². The second-order valence-corrected chi connectivity index (χ2v) is 2.22. The third kappa shape index (κ3) is 4.77. The molecule has 0 N–H and O–H groups in total. The highest BCUT2D eigenvalue weighted by Gasteiger charge is 2.29. The SMILES string of the molecule is C=C(/C=C\C=C\CC)C(F)(F)F. The van der Waals surface area contributed by atoms with Crippen molar-refractivity contribution in [2.75, 3.05) is 0 Å². The molecule has 0 amide bonds. The van der Waals surface area contributed by atoms with Crippen LogP contribution in [0.25, 0.3) is 0 Å². The van der Waals surface area contributed by atoms with Gasteiger partial charge in [-0.15, -0.1) is 0 Å². The Morgan fingerprint density at radius 2 is 1.92 bits per heavy atom. The zero-order chi connectivity index (χ0) is 9.61. The highest BCUT2D eigenvalue weighted by atomic mass is 19.4. The Balaban J connectivity index is 4.01. The number of allylic oxidation sites excluding steroid dienone is 5. The lowest BCUT2D eigenvalue weighted by atomic mass is 10.2. The lowest BCUT2D eigenvalue weighted by Crippen LogP contribution is -2.08. The molecule has 0 aromatic rings. The van der Waals surface area contributed by atoms with Gasteiger partial charge in [0, 0.05) is 5.57 Å². The van der Waals surface area contributed by atoms with Gasteiger partial charge in [-0.25, -0.2) is 0 Å². The summed E-state index contributed by atoms with van der Waals surface area (Å²) in [7, 11) is 0. The lowest BCUT2D eigenvalue weighted by Gasteiger charge is -2.03. The molecule has 0 aliphatic rings. The van der Waals surface area contributed by atoms with Crippen molar-refractivity contribution >= 4 is 0 Å². The van der Waals surface area contributed by atoms with Crippen LogP contribution in [0, 0.1) is 0 Å². The standard InChI is InChI=1S/C9H11F3/c1-3-4-5-6-7-8(2)9(10,11)12/h4-7H,2-3H2,1H3/b5-4+,7-6-. The third-order valence-corrected chi connectivity index (χ3v) is 1.14. The average molecular weight is 176 g/mol. The van der Waals surface area contributed by atoms with Crippen LogP contribution in [0.2, 0.25) is 0 Å². The largest absolute Gasteiger partial charge is 0.415 e. The van der Waals surface area contributed by atoms with Crippen molar-refractivity contribution in [1.82, 2.24) is 0 Å². The predicted molar refractivity (Wildman–Crippen MR) is 43.8 cm³/mol. The molecule has 0 rings (SSSR count). The average Bonchev–Trinajstić information content (AvgIpc) is 1.96. The van der Waals surface area contributed by atoms with E-state index in [9.17, 15) is 13.2 Å². The summed E-state index contributed by atoms with van der Waals surface area (Å²) in [6.45, 7) is 4.78. The molecule has 3 heteroatoms. The molecule has 0 spiro atoms. The minimum Gasteiger partial charge on any atom is -0.166 e. The molecule has 0 saturated carbocycles. The molecule has 12 heavy (non-hydrogen) atoms. The molecule has 0 atom stereocenters. The highest BCUT2D eigenvalue weighted by molar-refractivity contribution is 5.23. The van der Waals surface area contributed by atoms with E-state index >= 15 is 0 Å². The second-order valence-electron chi connectivity index (χ2n) is 2.22. The molecule has 0 aromatic carbocycles. The van der Waals surface area contributed by atoms with Gasteiger partial charge < -0.3 is 0 Å². The molecule has 0 aliphatic carbocycles. The first-order valence-electron chi connectivity index (χ1n) is 3.57. The van der Waals surface area contributed by atoms with E-state index in [1.54, 1.807) is 12.2 Å². The summed E-state index contributed by atoms with van der Waals surface area (Å²) in [4.78, 5) is 0. The molecule has 0 unspecified atom stereocenters. The van der Waals surface area contributed by atoms with Crippen molar-refractivity contribution in [2.45, 2.75) is 19.5 Å². The molecule has 68 valence electrons. The summed E-state index contributed by atoms with van der Waals surface area (Å²) in [5, 5.41) is 0. The Morgan fingerprint density at radius 1 is 1.33 bits per heavy atom. The molecule has 0 fully saturated rings. The maximum Gasteiger partial charge on any atom is 0.415 e. The van der Waals surface area contributed by atoms with Crippen molar-refractivity contribution < 1.29 is 13.2 Å². The first-order chi connectivity index (χ1) is 5.48. The maximum atomic E-state index is 11.8. The quantitative estimate of drug-likeness (QED) is 0.576. The Morgan fingerprint density at radius 3 is 2.33 bits per heavy atom. The summed E-state index contributed by atoms with van der Waals surface area (Å²) in [6, 6.07) is 0. The summed E-state index contributed by atoms with van der Waals surface area (Å²) in [5.74, 6) is 0. The van der Waals surface area contributed by atoms with Gasteiger partial charge in [-0.1, -0.05) is 37.8 Å². The zero-order valence-electron chi connectivity index (χ0n) is 6.86. The van der Waals surface area contributed by atoms with Gasteiger partial charge in [0.25, 0.3) is 0 Å². The normalized spacial score (nSPS) is 13.0. The van der Waals surface area contributed by atoms with Gasteiger partial charge in [-0.05, 0) is 6.42 Å². The van der Waals surface area contributed by atoms with E-state index in [2.05, 4.69) is 6.58 Å². The Labute approximate surface area is 70.1 Å². The third-order valence-electron chi connectivity index (χ3n) is 1.14. The minimum absolute atomic E-state index is 0.808. The van der Waals surface area contributed by atoms with E-state index < -0.39 is 11.7 Å². The van der Waals surface area contributed by atoms with E-state index in [1.165, 1.54) is 6.08 Å². The van der Waals surface area contributed by atoms with Crippen LogP contribution < -0.4 is 0 Å². The van der Waals surface area contributed by atoms with Gasteiger partial charge >= 0.3 is 6.18 Å². The van der Waals surface area contributed by atoms with Gasteiger partial charge in [-0.3, -0.25) is 0 Å². The van der Waals surface area contributed by atoms with Crippen LogP contribution in [-0.2, 0) is 0 Å². The van der Waals surface area contributed by atoms with Crippen molar-refractivity contribution in [3.8, 4) is 0 Å². The fourth-order valence-corrected chi connectivity index (χ4v) is 0.481. The first kappa shape index (κ1) is 11.0. The first-order valence-corrected chi connectivity index (χ1v) is 3.57. The Bertz CT molecular complexity index is 196. The van der Waals surface area contributed by atoms with Crippen molar-refractivity contribution in [1.29, 1.82) is 0 Å². The Kier molecular flexibility index (Phi) is 4.40. The number of hydrogen-bond donors (Lipinski definition) is 0. The van der Waals surface area contributed by atoms with Crippen LogP contribution in [0.1, 0.15) is 13.3 Å². The maximum absolute atomic E-state index is 11.8. The van der Waals surface area contributed by atoms with Crippen molar-refractivity contribution in [3.05, 3.63) is 36.5 Å². The van der Waals surface area contributed by atoms with Crippen LogP contribution in [0.3, 0.4) is 0 Å². The van der Waals surface area contributed by atoms with Crippen molar-refractivity contribution in [2.24, 2.45) is 0 Å². The topological polar surface area (TPSA) is 0 Å². The molecule has 0 bridgehead atoms. The van der Waals surface area contributed by atoms with E-state index in [0.29, 0.717) is 0 Å². The summed E-state index contributed by atoms with van der Waals surface area (Å²) >= 11 is 0. The van der Waals surface area contributed by atoms with E-state index in [-0.39, 0.29) is 0 Å². The molecule has 0 aliphatic heterocycles. The van der Waals surface area contributed by atoms with Gasteiger partial charge in [-0.2, -0.15) is 13.2 Å². The monoisotopic (exact) mass is 176 g/mol. The van der Waals surface area contributed by atoms with E-state index in [4.69, 9.17) is 0 Å². The van der Waals surface area contributed by atoms with Crippen LogP contribution >= 0.6 is 0 Å².